The van der Waals surface area contributed by atoms with Gasteiger partial charge in [-0.15, -0.1) is 0 Å². The third-order valence-corrected chi connectivity index (χ3v) is 9.34. The van der Waals surface area contributed by atoms with Crippen LogP contribution in [0.25, 0.3) is 22.0 Å². The number of methoxy groups -OCH3 is 1. The van der Waals surface area contributed by atoms with Crippen molar-refractivity contribution in [2.24, 2.45) is 0 Å². The Kier molecular flexibility index (Phi) is 8.90. The monoisotopic (exact) mass is 664 g/mol. The van der Waals surface area contributed by atoms with Crippen molar-refractivity contribution in [2.75, 3.05) is 49.8 Å². The van der Waals surface area contributed by atoms with Gasteiger partial charge in [-0.05, 0) is 36.2 Å². The smallest absolute Gasteiger partial charge is 0.338 e. The second-order valence-electron chi connectivity index (χ2n) is 11.5. The van der Waals surface area contributed by atoms with Crippen LogP contribution in [-0.4, -0.2) is 77.0 Å². The zero-order valence-electron chi connectivity index (χ0n) is 25.6. The largest absolute Gasteiger partial charge is 0.492 e. The second-order valence-corrected chi connectivity index (χ2v) is 12.4. The lowest BCUT2D eigenvalue weighted by Crippen LogP contribution is -2.37. The fourth-order valence-electron chi connectivity index (χ4n) is 6.24. The molecular weight excluding hydrogens is 631 g/mol. The van der Waals surface area contributed by atoms with Gasteiger partial charge < -0.3 is 29.0 Å². The molecule has 0 aliphatic carbocycles. The Balaban J connectivity index is 1.37. The van der Waals surface area contributed by atoms with Gasteiger partial charge in [-0.3, -0.25) is 18.8 Å². The number of nitrogens with zero attached hydrogens (tertiary/aromatic N) is 3. The van der Waals surface area contributed by atoms with Crippen LogP contribution in [0.1, 0.15) is 35.2 Å². The highest BCUT2D eigenvalue weighted by molar-refractivity contribution is 7.80. The number of nitrogens with one attached hydrogen (secondary N) is 1. The lowest BCUT2D eigenvalue weighted by molar-refractivity contribution is 0.0254. The molecule has 0 amide bonds. The highest BCUT2D eigenvalue weighted by Gasteiger charge is 2.32. The van der Waals surface area contributed by atoms with Crippen LogP contribution >= 0.6 is 0 Å². The Bertz CT molecular complexity index is 1850. The van der Waals surface area contributed by atoms with Gasteiger partial charge in [0.25, 0.3) is 11.3 Å². The molecule has 2 N–H and O–H groups in total. The number of hydrogen-bond donors (Lipinski definition) is 2. The zero-order valence-corrected chi connectivity index (χ0v) is 26.4. The Hall–Kier alpha value is -4.37. The van der Waals surface area contributed by atoms with Crippen LogP contribution in [0.15, 0.2) is 48.9 Å². The molecule has 2 unspecified atom stereocenters. The van der Waals surface area contributed by atoms with Crippen molar-refractivity contribution in [1.82, 2.24) is 9.97 Å². The summed E-state index contributed by atoms with van der Waals surface area (Å²) in [4.78, 5) is 21.6. The molecule has 3 aliphatic rings. The molecule has 14 heteroatoms. The fourth-order valence-corrected chi connectivity index (χ4v) is 6.97. The van der Waals surface area contributed by atoms with Crippen molar-refractivity contribution in [2.45, 2.75) is 37.8 Å². The number of rotatable bonds is 9. The van der Waals surface area contributed by atoms with Crippen LogP contribution < -0.4 is 19.1 Å². The first-order valence-electron chi connectivity index (χ1n) is 15.3. The first-order chi connectivity index (χ1) is 22.9. The Morgan fingerprint density at radius 3 is 2.66 bits per heavy atom. The summed E-state index contributed by atoms with van der Waals surface area (Å²) >= 11 is -2.50. The van der Waals surface area contributed by atoms with E-state index < -0.39 is 29.1 Å². The van der Waals surface area contributed by atoms with E-state index in [0.717, 1.165) is 5.56 Å². The first-order valence-corrected chi connectivity index (χ1v) is 16.4. The number of benzene rings is 2. The molecule has 2 atom stereocenters. The van der Waals surface area contributed by atoms with Gasteiger partial charge >= 0.3 is 5.97 Å². The van der Waals surface area contributed by atoms with Crippen LogP contribution in [0, 0.1) is 5.82 Å². The number of ether oxygens (including phenoxy) is 5. The minimum atomic E-state index is -2.50. The van der Waals surface area contributed by atoms with Crippen LogP contribution in [0.5, 0.6) is 11.5 Å². The molecule has 4 aromatic rings. The maximum atomic E-state index is 16.5. The maximum Gasteiger partial charge on any atom is 0.338 e. The van der Waals surface area contributed by atoms with E-state index in [2.05, 4.69) is 15.3 Å². The number of aromatic nitrogens is 2. The van der Waals surface area contributed by atoms with E-state index in [1.54, 1.807) is 36.7 Å². The molecule has 5 heterocycles. The number of carbonyl (C=O) groups excluding carboxylic acids is 1. The third-order valence-electron chi connectivity index (χ3n) is 8.51. The molecule has 0 bridgehead atoms. The Labute approximate surface area is 272 Å². The zero-order chi connectivity index (χ0) is 32.5. The van der Waals surface area contributed by atoms with E-state index in [9.17, 15) is 13.6 Å². The predicted octanol–water partition coefficient (Wildman–Crippen LogP) is 5.19. The summed E-state index contributed by atoms with van der Waals surface area (Å²) in [5, 5.41) is 3.34. The first kappa shape index (κ1) is 31.2. The van der Waals surface area contributed by atoms with Crippen LogP contribution in [0.4, 0.5) is 21.5 Å². The predicted molar refractivity (Wildman–Crippen MR) is 172 cm³/mol. The molecule has 2 saturated heterocycles. The summed E-state index contributed by atoms with van der Waals surface area (Å²) in [6.45, 7) is 2.26. The summed E-state index contributed by atoms with van der Waals surface area (Å²) in [5.41, 5.74) is 3.34. The van der Waals surface area contributed by atoms with Gasteiger partial charge in [0, 0.05) is 61.1 Å². The van der Waals surface area contributed by atoms with Crippen molar-refractivity contribution in [3.8, 4) is 22.6 Å². The van der Waals surface area contributed by atoms with Gasteiger partial charge in [-0.2, -0.15) is 0 Å². The minimum Gasteiger partial charge on any atom is -0.492 e. The summed E-state index contributed by atoms with van der Waals surface area (Å²) < 4.78 is 69.1. The second kappa shape index (κ2) is 13.4. The van der Waals surface area contributed by atoms with Crippen LogP contribution in [0.2, 0.25) is 0 Å². The SMILES string of the molecule is COC(=O)c1cc(Nc2c(N(C3CCOC3)S(=O)O)cnc3cc(-c4cncc5c4OCC5)cc(F)c23)cc(OC2CCOCC2)c1. The topological polar surface area (TPSA) is 142 Å². The van der Waals surface area contributed by atoms with Gasteiger partial charge in [0.05, 0.1) is 73.6 Å². The molecule has 0 saturated carbocycles. The molecule has 0 spiro atoms. The van der Waals surface area contributed by atoms with Crippen molar-refractivity contribution >= 4 is 45.2 Å². The highest BCUT2D eigenvalue weighted by atomic mass is 32.2. The molecule has 3 aliphatic heterocycles. The number of carbonyl (C=O) groups is 1. The number of pyridine rings is 2. The molecule has 0 radical (unpaired) electrons. The van der Waals surface area contributed by atoms with Gasteiger partial charge in [0.15, 0.2) is 0 Å². The lowest BCUT2D eigenvalue weighted by Gasteiger charge is -2.28. The van der Waals surface area contributed by atoms with Crippen molar-refractivity contribution < 1.29 is 41.6 Å². The quantitative estimate of drug-likeness (QED) is 0.180. The molecular formula is C33H33FN4O8S. The van der Waals surface area contributed by atoms with E-state index in [1.807, 2.05) is 0 Å². The van der Waals surface area contributed by atoms with Crippen molar-refractivity contribution in [1.29, 1.82) is 0 Å². The average molecular weight is 665 g/mol. The van der Waals surface area contributed by atoms with Crippen molar-refractivity contribution in [3.63, 3.8) is 0 Å². The molecule has 47 heavy (non-hydrogen) atoms. The summed E-state index contributed by atoms with van der Waals surface area (Å²) in [5.74, 6) is -0.150. The minimum absolute atomic E-state index is 0.0810. The normalized spacial score (nSPS) is 18.4. The number of hydrogen-bond acceptors (Lipinski definition) is 10. The highest BCUT2D eigenvalue weighted by Crippen LogP contribution is 2.43. The summed E-state index contributed by atoms with van der Waals surface area (Å²) in [6.07, 6.45) is 7.26. The average Bonchev–Trinajstić information content (AvgIpc) is 3.78. The molecule has 2 aromatic heterocycles. The Morgan fingerprint density at radius 2 is 1.89 bits per heavy atom. The molecule has 2 fully saturated rings. The van der Waals surface area contributed by atoms with Crippen molar-refractivity contribution in [3.05, 3.63) is 65.9 Å². The van der Waals surface area contributed by atoms with E-state index in [-0.39, 0.29) is 40.6 Å². The molecule has 7 rings (SSSR count). The lowest BCUT2D eigenvalue weighted by atomic mass is 10.0. The van der Waals surface area contributed by atoms with E-state index in [4.69, 9.17) is 23.7 Å². The standard InChI is InChI=1S/C33H33FN4O8S/c1-42-33(39)21-10-22(14-25(11-21)46-24-4-7-43-8-5-24)37-31-29(38(47(40)41)23-3-6-44-18-23)17-36-28-13-20(12-27(34)30(28)31)26-16-35-15-19-2-9-45-32(19)26/h10-17,23-24H,2-9,18H2,1H3,(H,36,37)(H,40,41). The summed E-state index contributed by atoms with van der Waals surface area (Å²) in [7, 11) is 1.28. The Morgan fingerprint density at radius 1 is 1.06 bits per heavy atom. The third kappa shape index (κ3) is 6.33. The van der Waals surface area contributed by atoms with E-state index in [0.29, 0.717) is 80.4 Å². The van der Waals surface area contributed by atoms with Crippen LogP contribution in [0.3, 0.4) is 0 Å². The van der Waals surface area contributed by atoms with Gasteiger partial charge in [-0.1, -0.05) is 0 Å². The molecule has 246 valence electrons. The maximum absolute atomic E-state index is 16.5. The number of fused-ring (bicyclic) bond motifs is 2. The van der Waals surface area contributed by atoms with Gasteiger partial charge in [0.1, 0.15) is 23.4 Å². The summed E-state index contributed by atoms with van der Waals surface area (Å²) in [6, 6.07) is 7.48. The number of anilines is 3. The van der Waals surface area contributed by atoms with Crippen LogP contribution in [-0.2, 0) is 31.9 Å². The molecule has 12 nitrogen and oxygen atoms in total. The molecule has 2 aromatic carbocycles. The van der Waals surface area contributed by atoms with E-state index >= 15 is 4.39 Å². The number of esters is 1. The van der Waals surface area contributed by atoms with Gasteiger partial charge in [0.2, 0.25) is 0 Å². The van der Waals surface area contributed by atoms with Gasteiger partial charge in [-0.25, -0.2) is 13.4 Å². The van der Waals surface area contributed by atoms with E-state index in [1.165, 1.54) is 23.7 Å². The number of halogens is 1. The fraction of sp³-hybridized carbons (Fsp3) is 0.364.